The summed E-state index contributed by atoms with van der Waals surface area (Å²) in [7, 11) is 0. The third kappa shape index (κ3) is 3.31. The lowest BCUT2D eigenvalue weighted by atomic mass is 10.0. The Labute approximate surface area is 131 Å². The Kier molecular flexibility index (Phi) is 4.76. The van der Waals surface area contributed by atoms with Gasteiger partial charge in [-0.3, -0.25) is 0 Å². The fourth-order valence-corrected chi connectivity index (χ4v) is 2.59. The van der Waals surface area contributed by atoms with Gasteiger partial charge in [-0.25, -0.2) is 0 Å². The van der Waals surface area contributed by atoms with Crippen molar-refractivity contribution in [3.63, 3.8) is 0 Å². The molecule has 5 nitrogen and oxygen atoms in total. The number of nitriles is 1. The number of nitrogens with two attached hydrogens (primary N) is 1. The zero-order chi connectivity index (χ0) is 15.4. The molecule has 1 aromatic carbocycles. The first kappa shape index (κ1) is 15.3. The zero-order valence-corrected chi connectivity index (χ0v) is 13.4. The van der Waals surface area contributed by atoms with Crippen LogP contribution in [-0.2, 0) is 12.8 Å². The number of halogens is 1. The summed E-state index contributed by atoms with van der Waals surface area (Å²) >= 11 is 3.35. The summed E-state index contributed by atoms with van der Waals surface area (Å²) in [5.41, 5.74) is 8.48. The molecule has 0 aliphatic heterocycles. The second-order valence-electron chi connectivity index (χ2n) is 4.45. The summed E-state index contributed by atoms with van der Waals surface area (Å²) in [6.07, 6.45) is 1.44. The molecule has 2 aromatic rings. The van der Waals surface area contributed by atoms with Gasteiger partial charge in [0, 0.05) is 16.2 Å². The van der Waals surface area contributed by atoms with Crippen LogP contribution in [0.4, 0.5) is 5.69 Å². The van der Waals surface area contributed by atoms with E-state index < -0.39 is 0 Å². The molecule has 0 unspecified atom stereocenters. The molecular formula is C15H15BrN4O. The van der Waals surface area contributed by atoms with Crippen LogP contribution >= 0.6 is 15.9 Å². The van der Waals surface area contributed by atoms with Crippen molar-refractivity contribution in [2.45, 2.75) is 26.7 Å². The van der Waals surface area contributed by atoms with Gasteiger partial charge in [-0.1, -0.05) is 29.8 Å². The summed E-state index contributed by atoms with van der Waals surface area (Å²) in [5.74, 6) is 0.725. The van der Waals surface area contributed by atoms with Crippen molar-refractivity contribution in [3.8, 4) is 17.7 Å². The van der Waals surface area contributed by atoms with E-state index in [0.29, 0.717) is 23.4 Å². The molecule has 0 aliphatic carbocycles. The second kappa shape index (κ2) is 6.55. The highest BCUT2D eigenvalue weighted by atomic mass is 79.9. The largest absolute Gasteiger partial charge is 0.436 e. The Morgan fingerprint density at radius 3 is 2.57 bits per heavy atom. The standard InChI is InChI=1S/C15H15BrN4O/c1-3-12-13(8-17)15(20-19-14(12)4-2)21-11-6-9(16)5-10(18)7-11/h5-7H,3-4,18H2,1-2H3. The van der Waals surface area contributed by atoms with E-state index in [0.717, 1.165) is 22.2 Å². The Morgan fingerprint density at radius 2 is 2.00 bits per heavy atom. The summed E-state index contributed by atoms with van der Waals surface area (Å²) < 4.78 is 6.49. The molecule has 0 fully saturated rings. The van der Waals surface area contributed by atoms with Gasteiger partial charge in [0.05, 0.1) is 5.69 Å². The second-order valence-corrected chi connectivity index (χ2v) is 5.36. The van der Waals surface area contributed by atoms with Crippen LogP contribution in [0.15, 0.2) is 22.7 Å². The first-order valence-corrected chi connectivity index (χ1v) is 7.40. The molecule has 2 rings (SSSR count). The minimum absolute atomic E-state index is 0.212. The van der Waals surface area contributed by atoms with Gasteiger partial charge in [0.25, 0.3) is 5.88 Å². The third-order valence-corrected chi connectivity index (χ3v) is 3.49. The number of anilines is 1. The minimum Gasteiger partial charge on any atom is -0.436 e. The van der Waals surface area contributed by atoms with Crippen LogP contribution in [0.1, 0.15) is 30.7 Å². The fraction of sp³-hybridized carbons (Fsp3) is 0.267. The molecule has 0 saturated heterocycles. The Hall–Kier alpha value is -2.13. The van der Waals surface area contributed by atoms with E-state index in [-0.39, 0.29) is 5.88 Å². The monoisotopic (exact) mass is 346 g/mol. The number of hydrogen-bond donors (Lipinski definition) is 1. The van der Waals surface area contributed by atoms with Crippen molar-refractivity contribution in [1.29, 1.82) is 5.26 Å². The molecule has 0 radical (unpaired) electrons. The maximum Gasteiger partial charge on any atom is 0.257 e. The molecule has 0 spiro atoms. The zero-order valence-electron chi connectivity index (χ0n) is 11.9. The van der Waals surface area contributed by atoms with Gasteiger partial charge in [-0.15, -0.1) is 5.10 Å². The van der Waals surface area contributed by atoms with E-state index in [1.165, 1.54) is 0 Å². The number of nitrogen functional groups attached to an aromatic ring is 1. The molecule has 0 bridgehead atoms. The van der Waals surface area contributed by atoms with Crippen molar-refractivity contribution < 1.29 is 4.74 Å². The maximum atomic E-state index is 9.41. The molecule has 1 heterocycles. The van der Waals surface area contributed by atoms with E-state index >= 15 is 0 Å². The lowest BCUT2D eigenvalue weighted by molar-refractivity contribution is 0.451. The highest BCUT2D eigenvalue weighted by Gasteiger charge is 2.16. The van der Waals surface area contributed by atoms with Gasteiger partial charge in [0.15, 0.2) is 0 Å². The topological polar surface area (TPSA) is 84.8 Å². The molecule has 108 valence electrons. The Morgan fingerprint density at radius 1 is 1.24 bits per heavy atom. The van der Waals surface area contributed by atoms with Gasteiger partial charge in [-0.2, -0.15) is 10.4 Å². The molecule has 0 aliphatic rings. The Balaban J connectivity index is 2.47. The first-order chi connectivity index (χ1) is 10.1. The lowest BCUT2D eigenvalue weighted by Gasteiger charge is -2.11. The van der Waals surface area contributed by atoms with Gasteiger partial charge < -0.3 is 10.5 Å². The fourth-order valence-electron chi connectivity index (χ4n) is 2.10. The average Bonchev–Trinajstić information content (AvgIpc) is 2.45. The van der Waals surface area contributed by atoms with Crippen molar-refractivity contribution in [2.24, 2.45) is 0 Å². The molecule has 1 aromatic heterocycles. The molecule has 21 heavy (non-hydrogen) atoms. The molecule has 2 N–H and O–H groups in total. The van der Waals surface area contributed by atoms with Crippen LogP contribution in [-0.4, -0.2) is 10.2 Å². The number of hydrogen-bond acceptors (Lipinski definition) is 5. The van der Waals surface area contributed by atoms with Crippen LogP contribution in [0.3, 0.4) is 0 Å². The molecule has 0 amide bonds. The molecular weight excluding hydrogens is 332 g/mol. The molecule has 6 heteroatoms. The van der Waals surface area contributed by atoms with Crippen LogP contribution < -0.4 is 10.5 Å². The lowest BCUT2D eigenvalue weighted by Crippen LogP contribution is -2.05. The van der Waals surface area contributed by atoms with E-state index in [1.54, 1.807) is 18.2 Å². The van der Waals surface area contributed by atoms with E-state index in [2.05, 4.69) is 32.2 Å². The van der Waals surface area contributed by atoms with E-state index in [4.69, 9.17) is 10.5 Å². The van der Waals surface area contributed by atoms with Crippen LogP contribution in [0.2, 0.25) is 0 Å². The van der Waals surface area contributed by atoms with Crippen molar-refractivity contribution in [3.05, 3.63) is 39.5 Å². The van der Waals surface area contributed by atoms with Crippen molar-refractivity contribution in [1.82, 2.24) is 10.2 Å². The van der Waals surface area contributed by atoms with E-state index in [9.17, 15) is 5.26 Å². The number of ether oxygens (including phenoxy) is 1. The number of aromatic nitrogens is 2. The summed E-state index contributed by atoms with van der Waals surface area (Å²) in [6, 6.07) is 7.37. The maximum absolute atomic E-state index is 9.41. The van der Waals surface area contributed by atoms with Crippen LogP contribution in [0, 0.1) is 11.3 Å². The van der Waals surface area contributed by atoms with Gasteiger partial charge in [0.1, 0.15) is 17.4 Å². The van der Waals surface area contributed by atoms with Gasteiger partial charge in [-0.05, 0) is 30.5 Å². The Bertz CT molecular complexity index is 689. The van der Waals surface area contributed by atoms with Crippen LogP contribution in [0.25, 0.3) is 0 Å². The minimum atomic E-state index is 0.212. The molecule has 0 saturated carbocycles. The van der Waals surface area contributed by atoms with Crippen molar-refractivity contribution in [2.75, 3.05) is 5.73 Å². The normalized spacial score (nSPS) is 10.2. The average molecular weight is 347 g/mol. The number of rotatable bonds is 4. The van der Waals surface area contributed by atoms with E-state index in [1.807, 2.05) is 13.8 Å². The number of benzene rings is 1. The smallest absolute Gasteiger partial charge is 0.257 e. The van der Waals surface area contributed by atoms with Crippen LogP contribution in [0.5, 0.6) is 11.6 Å². The quantitative estimate of drug-likeness (QED) is 0.854. The van der Waals surface area contributed by atoms with Gasteiger partial charge >= 0.3 is 0 Å². The van der Waals surface area contributed by atoms with Gasteiger partial charge in [0.2, 0.25) is 0 Å². The predicted molar refractivity (Wildman–Crippen MR) is 84.1 cm³/mol. The SMILES string of the molecule is CCc1nnc(Oc2cc(N)cc(Br)c2)c(C#N)c1CC. The summed E-state index contributed by atoms with van der Waals surface area (Å²) in [6.45, 7) is 3.97. The molecule has 0 atom stereocenters. The predicted octanol–water partition coefficient (Wildman–Crippen LogP) is 3.61. The highest BCUT2D eigenvalue weighted by Crippen LogP contribution is 2.29. The number of aryl methyl sites for hydroxylation is 1. The first-order valence-electron chi connectivity index (χ1n) is 6.61. The number of nitrogens with zero attached hydrogens (tertiary/aromatic N) is 3. The summed E-state index contributed by atoms with van der Waals surface area (Å²) in [5, 5.41) is 17.6. The summed E-state index contributed by atoms with van der Waals surface area (Å²) in [4.78, 5) is 0. The highest BCUT2D eigenvalue weighted by molar-refractivity contribution is 9.10. The third-order valence-electron chi connectivity index (χ3n) is 3.03. The van der Waals surface area contributed by atoms with Crippen molar-refractivity contribution >= 4 is 21.6 Å².